The second-order valence-electron chi connectivity index (χ2n) is 17.0. The third-order valence-corrected chi connectivity index (χ3v) is 12.3. The summed E-state index contributed by atoms with van der Waals surface area (Å²) in [6.45, 7) is 13.9. The van der Waals surface area contributed by atoms with Gasteiger partial charge in [-0.1, -0.05) is 175 Å². The van der Waals surface area contributed by atoms with E-state index in [4.69, 9.17) is 0 Å². The van der Waals surface area contributed by atoms with Crippen LogP contribution in [0.4, 0.5) is 17.1 Å². The molecule has 0 saturated carbocycles. The van der Waals surface area contributed by atoms with Crippen LogP contribution in [0.3, 0.4) is 0 Å². The maximum atomic E-state index is 2.43. The summed E-state index contributed by atoms with van der Waals surface area (Å²) in [5.74, 6) is 0. The quantitative estimate of drug-likeness (QED) is 0.164. The second-order valence-corrected chi connectivity index (χ2v) is 18.1. The lowest BCUT2D eigenvalue weighted by atomic mass is 9.78. The SMILES string of the molecule is CC(C)(C)c1cc(-c2cccc3cccc(-c4ccccc4N(c4ccccc4)c4cccc(-c5cccc6sc7ccccc7c56)c4)c23)cc(C(C)(C)C)c1. The number of thiophene rings is 1. The van der Waals surface area contributed by atoms with Gasteiger partial charge >= 0.3 is 0 Å². The van der Waals surface area contributed by atoms with Gasteiger partial charge in [-0.05, 0) is 103 Å². The molecule has 0 N–H and O–H groups in total. The summed E-state index contributed by atoms with van der Waals surface area (Å²) >= 11 is 1.87. The molecule has 0 fully saturated rings. The average molecular weight is 742 g/mol. The number of nitrogens with zero attached hydrogens (tertiary/aromatic N) is 1. The Morgan fingerprint density at radius 2 is 0.946 bits per heavy atom. The Bertz CT molecular complexity index is 2840. The highest BCUT2D eigenvalue weighted by molar-refractivity contribution is 7.25. The molecule has 0 atom stereocenters. The smallest absolute Gasteiger partial charge is 0.0540 e. The van der Waals surface area contributed by atoms with Crippen molar-refractivity contribution >= 4 is 59.3 Å². The van der Waals surface area contributed by atoms with E-state index >= 15 is 0 Å². The van der Waals surface area contributed by atoms with Gasteiger partial charge in [0.05, 0.1) is 5.69 Å². The molecule has 1 nitrogen and oxygen atoms in total. The summed E-state index contributed by atoms with van der Waals surface area (Å²) in [4.78, 5) is 2.43. The fraction of sp³-hybridized carbons (Fsp3) is 0.148. The van der Waals surface area contributed by atoms with Crippen LogP contribution < -0.4 is 4.90 Å². The molecule has 0 unspecified atom stereocenters. The van der Waals surface area contributed by atoms with Gasteiger partial charge in [0, 0.05) is 37.1 Å². The molecule has 1 aromatic heterocycles. The van der Waals surface area contributed by atoms with Crippen molar-refractivity contribution in [1.82, 2.24) is 0 Å². The van der Waals surface area contributed by atoms with Crippen molar-refractivity contribution in [1.29, 1.82) is 0 Å². The highest BCUT2D eigenvalue weighted by Crippen LogP contribution is 2.47. The summed E-state index contributed by atoms with van der Waals surface area (Å²) in [5, 5.41) is 5.14. The summed E-state index contributed by atoms with van der Waals surface area (Å²) in [6, 6.07) is 65.2. The van der Waals surface area contributed by atoms with E-state index < -0.39 is 0 Å². The largest absolute Gasteiger partial charge is 0.310 e. The first-order valence-corrected chi connectivity index (χ1v) is 20.5. The molecule has 2 heteroatoms. The Morgan fingerprint density at radius 1 is 0.393 bits per heavy atom. The first-order valence-electron chi connectivity index (χ1n) is 19.7. The standard InChI is InChI=1S/C54H47NS/c1-53(2,3)39-32-38(33-40(35-39)54(4,5)6)44-26-15-18-36-19-16-28-46(51(36)44)45-24-10-12-29-48(45)55(41-21-8-7-9-22-41)42-23-14-20-37(34-42)43-27-17-31-50-52(43)47-25-11-13-30-49(47)56-50/h7-35H,1-6H3. The molecule has 56 heavy (non-hydrogen) atoms. The fourth-order valence-electron chi connectivity index (χ4n) is 8.18. The van der Waals surface area contributed by atoms with Gasteiger partial charge in [0.2, 0.25) is 0 Å². The Morgan fingerprint density at radius 3 is 1.68 bits per heavy atom. The topological polar surface area (TPSA) is 3.24 Å². The maximum Gasteiger partial charge on any atom is 0.0540 e. The van der Waals surface area contributed by atoms with Gasteiger partial charge < -0.3 is 4.90 Å². The first-order chi connectivity index (χ1) is 27.0. The van der Waals surface area contributed by atoms with Crippen LogP contribution in [-0.4, -0.2) is 0 Å². The van der Waals surface area contributed by atoms with Crippen LogP contribution in [-0.2, 0) is 10.8 Å². The van der Waals surface area contributed by atoms with Crippen LogP contribution >= 0.6 is 11.3 Å². The van der Waals surface area contributed by atoms with E-state index in [1.165, 1.54) is 75.5 Å². The van der Waals surface area contributed by atoms with Gasteiger partial charge in [-0.15, -0.1) is 11.3 Å². The van der Waals surface area contributed by atoms with Gasteiger partial charge in [0.1, 0.15) is 0 Å². The molecule has 9 rings (SSSR count). The van der Waals surface area contributed by atoms with Gasteiger partial charge in [-0.3, -0.25) is 0 Å². The molecule has 0 saturated heterocycles. The molecule has 0 bridgehead atoms. The molecule has 8 aromatic carbocycles. The minimum Gasteiger partial charge on any atom is -0.310 e. The van der Waals surface area contributed by atoms with E-state index in [0.717, 1.165) is 17.1 Å². The number of anilines is 3. The molecule has 0 aliphatic heterocycles. The number of hydrogen-bond donors (Lipinski definition) is 0. The molecule has 0 radical (unpaired) electrons. The summed E-state index contributed by atoms with van der Waals surface area (Å²) in [7, 11) is 0. The van der Waals surface area contributed by atoms with Crippen LogP contribution in [0.1, 0.15) is 52.7 Å². The highest BCUT2D eigenvalue weighted by Gasteiger charge is 2.24. The molecule has 1 heterocycles. The number of hydrogen-bond acceptors (Lipinski definition) is 2. The number of benzene rings is 8. The summed E-state index contributed by atoms with van der Waals surface area (Å²) < 4.78 is 2.63. The van der Waals surface area contributed by atoms with E-state index in [-0.39, 0.29) is 10.8 Å². The fourth-order valence-corrected chi connectivity index (χ4v) is 9.32. The lowest BCUT2D eigenvalue weighted by Crippen LogP contribution is -2.16. The van der Waals surface area contributed by atoms with Crippen LogP contribution in [0.2, 0.25) is 0 Å². The summed E-state index contributed by atoms with van der Waals surface area (Å²) in [6.07, 6.45) is 0. The molecule has 9 aromatic rings. The van der Waals surface area contributed by atoms with E-state index in [2.05, 4.69) is 222 Å². The van der Waals surface area contributed by atoms with E-state index in [9.17, 15) is 0 Å². The van der Waals surface area contributed by atoms with Gasteiger partial charge in [0.15, 0.2) is 0 Å². The van der Waals surface area contributed by atoms with Crippen molar-refractivity contribution in [3.63, 3.8) is 0 Å². The van der Waals surface area contributed by atoms with Crippen LogP contribution in [0, 0.1) is 0 Å². The Kier molecular flexibility index (Phi) is 8.91. The Labute approximate surface area is 335 Å². The van der Waals surface area contributed by atoms with Crippen molar-refractivity contribution < 1.29 is 0 Å². The Hall–Kier alpha value is -5.96. The monoisotopic (exact) mass is 741 g/mol. The molecular weight excluding hydrogens is 695 g/mol. The van der Waals surface area contributed by atoms with Gasteiger partial charge in [0.25, 0.3) is 0 Å². The number of para-hydroxylation sites is 2. The lowest BCUT2D eigenvalue weighted by molar-refractivity contribution is 0.569. The molecular formula is C54H47NS. The zero-order valence-electron chi connectivity index (χ0n) is 33.1. The van der Waals surface area contributed by atoms with Crippen molar-refractivity contribution in [2.24, 2.45) is 0 Å². The van der Waals surface area contributed by atoms with Gasteiger partial charge in [-0.25, -0.2) is 0 Å². The molecule has 0 aliphatic rings. The van der Waals surface area contributed by atoms with E-state index in [0.29, 0.717) is 0 Å². The normalized spacial score (nSPS) is 12.1. The van der Waals surface area contributed by atoms with Crippen molar-refractivity contribution in [3.05, 3.63) is 187 Å². The van der Waals surface area contributed by atoms with E-state index in [1.807, 2.05) is 11.3 Å². The third-order valence-electron chi connectivity index (χ3n) is 11.1. The Balaban J connectivity index is 1.26. The second kappa shape index (κ2) is 14.0. The molecule has 274 valence electrons. The highest BCUT2D eigenvalue weighted by atomic mass is 32.1. The van der Waals surface area contributed by atoms with Crippen molar-refractivity contribution in [2.45, 2.75) is 52.4 Å². The first kappa shape index (κ1) is 35.7. The number of rotatable bonds is 6. The predicted molar refractivity (Wildman–Crippen MR) is 245 cm³/mol. The summed E-state index contributed by atoms with van der Waals surface area (Å²) in [5.41, 5.74) is 13.5. The average Bonchev–Trinajstić information content (AvgIpc) is 3.60. The molecule has 0 aliphatic carbocycles. The van der Waals surface area contributed by atoms with Crippen LogP contribution in [0.5, 0.6) is 0 Å². The van der Waals surface area contributed by atoms with Crippen molar-refractivity contribution in [2.75, 3.05) is 4.90 Å². The third kappa shape index (κ3) is 6.48. The maximum absolute atomic E-state index is 2.43. The predicted octanol–water partition coefficient (Wildman–Crippen LogP) is 16.3. The minimum atomic E-state index is 0.0167. The lowest BCUT2D eigenvalue weighted by Gasteiger charge is -2.29. The zero-order chi connectivity index (χ0) is 38.6. The van der Waals surface area contributed by atoms with Gasteiger partial charge in [-0.2, -0.15) is 0 Å². The molecule has 0 amide bonds. The zero-order valence-corrected chi connectivity index (χ0v) is 33.9. The van der Waals surface area contributed by atoms with Crippen LogP contribution in [0.25, 0.3) is 64.3 Å². The van der Waals surface area contributed by atoms with E-state index in [1.54, 1.807) is 0 Å². The van der Waals surface area contributed by atoms with Crippen LogP contribution in [0.15, 0.2) is 176 Å². The minimum absolute atomic E-state index is 0.0167. The number of fused-ring (bicyclic) bond motifs is 4. The van der Waals surface area contributed by atoms with Crippen molar-refractivity contribution in [3.8, 4) is 33.4 Å². The molecule has 0 spiro atoms.